The minimum Gasteiger partial charge on any atom is -0.313 e. The molecule has 0 heterocycles. The first-order valence-corrected chi connectivity index (χ1v) is 7.21. The lowest BCUT2D eigenvalue weighted by atomic mass is 9.77. The lowest BCUT2D eigenvalue weighted by Crippen LogP contribution is -2.30. The molecule has 1 nitrogen and oxygen atoms in total. The molecule has 82 valence electrons. The zero-order chi connectivity index (χ0) is 10.8. The molecule has 1 saturated carbocycles. The van der Waals surface area contributed by atoms with Crippen LogP contribution in [-0.2, 0) is 0 Å². The van der Waals surface area contributed by atoms with Gasteiger partial charge in [-0.15, -0.1) is 0 Å². The average molecular weight is 380 g/mol. The maximum absolute atomic E-state index is 3.55. The fourth-order valence-corrected chi connectivity index (χ4v) is 3.22. The van der Waals surface area contributed by atoms with E-state index in [-0.39, 0.29) is 0 Å². The second kappa shape index (κ2) is 5.15. The van der Waals surface area contributed by atoms with Crippen LogP contribution in [0.3, 0.4) is 0 Å². The van der Waals surface area contributed by atoms with Crippen molar-refractivity contribution < 1.29 is 0 Å². The molecule has 1 N–H and O–H groups in total. The van der Waals surface area contributed by atoms with E-state index >= 15 is 0 Å². The van der Waals surface area contributed by atoms with Gasteiger partial charge in [-0.25, -0.2) is 0 Å². The summed E-state index contributed by atoms with van der Waals surface area (Å²) < 4.78 is 2.54. The highest BCUT2D eigenvalue weighted by Crippen LogP contribution is 2.39. The first-order valence-electron chi connectivity index (χ1n) is 5.34. The molecule has 1 aliphatic rings. The average Bonchev–Trinajstić information content (AvgIpc) is 2.15. The van der Waals surface area contributed by atoms with Gasteiger partial charge in [-0.05, 0) is 72.2 Å². The van der Waals surface area contributed by atoms with Gasteiger partial charge in [0.05, 0.1) is 0 Å². The molecule has 0 aliphatic heterocycles. The number of hydrogen-bond donors (Lipinski definition) is 1. The number of halogens is 2. The molecule has 1 unspecified atom stereocenters. The highest BCUT2D eigenvalue weighted by atomic mass is 127. The molecule has 0 amide bonds. The third kappa shape index (κ3) is 2.56. The predicted molar refractivity (Wildman–Crippen MR) is 76.0 cm³/mol. The van der Waals surface area contributed by atoms with Crippen LogP contribution in [0.4, 0.5) is 0 Å². The summed E-state index contributed by atoms with van der Waals surface area (Å²) in [4.78, 5) is 0. The largest absolute Gasteiger partial charge is 0.313 e. The maximum atomic E-state index is 3.55. The minimum absolute atomic E-state index is 0.531. The Balaban J connectivity index is 2.28. The van der Waals surface area contributed by atoms with Gasteiger partial charge in [-0.3, -0.25) is 0 Å². The van der Waals surface area contributed by atoms with Gasteiger partial charge in [0.25, 0.3) is 0 Å². The number of rotatable bonds is 3. The van der Waals surface area contributed by atoms with E-state index in [0.717, 1.165) is 5.92 Å². The van der Waals surface area contributed by atoms with E-state index in [1.54, 1.807) is 0 Å². The number of benzene rings is 1. The van der Waals surface area contributed by atoms with Gasteiger partial charge >= 0.3 is 0 Å². The van der Waals surface area contributed by atoms with E-state index < -0.39 is 0 Å². The van der Waals surface area contributed by atoms with Crippen molar-refractivity contribution >= 4 is 38.5 Å². The molecule has 2 rings (SSSR count). The Morgan fingerprint density at radius 2 is 2.20 bits per heavy atom. The van der Waals surface area contributed by atoms with Crippen molar-refractivity contribution in [3.8, 4) is 0 Å². The van der Waals surface area contributed by atoms with Gasteiger partial charge in [0, 0.05) is 14.1 Å². The van der Waals surface area contributed by atoms with Gasteiger partial charge in [0.15, 0.2) is 0 Å². The lowest BCUT2D eigenvalue weighted by Gasteiger charge is -2.34. The zero-order valence-corrected chi connectivity index (χ0v) is 12.5. The normalized spacial score (nSPS) is 18.6. The molecule has 3 heteroatoms. The van der Waals surface area contributed by atoms with Crippen LogP contribution < -0.4 is 5.32 Å². The van der Waals surface area contributed by atoms with E-state index in [9.17, 15) is 0 Å². The second-order valence-corrected chi connectivity index (χ2v) is 6.20. The van der Waals surface area contributed by atoms with Crippen molar-refractivity contribution in [2.45, 2.75) is 25.3 Å². The third-order valence-electron chi connectivity index (χ3n) is 3.23. The molecule has 0 spiro atoms. The Kier molecular flexibility index (Phi) is 4.07. The van der Waals surface area contributed by atoms with Crippen LogP contribution >= 0.6 is 38.5 Å². The van der Waals surface area contributed by atoms with Crippen molar-refractivity contribution in [2.75, 3.05) is 7.05 Å². The Labute approximate surface area is 113 Å². The van der Waals surface area contributed by atoms with Crippen molar-refractivity contribution in [1.82, 2.24) is 5.32 Å². The maximum Gasteiger partial charge on any atom is 0.0357 e. The molecule has 1 aromatic carbocycles. The van der Waals surface area contributed by atoms with Crippen molar-refractivity contribution in [1.29, 1.82) is 0 Å². The summed E-state index contributed by atoms with van der Waals surface area (Å²) in [5.41, 5.74) is 1.44. The summed E-state index contributed by atoms with van der Waals surface area (Å²) in [6.07, 6.45) is 4.13. The molecule has 1 aliphatic carbocycles. The molecule has 0 radical (unpaired) electrons. The van der Waals surface area contributed by atoms with E-state index in [0.29, 0.717) is 6.04 Å². The summed E-state index contributed by atoms with van der Waals surface area (Å²) >= 11 is 5.98. The quantitative estimate of drug-likeness (QED) is 0.779. The standard InChI is InChI=1S/C12H15BrIN/c1-15-12(8-3-2-4-8)10-7-9(13)5-6-11(10)14/h5-8,12,15H,2-4H2,1H3. The van der Waals surface area contributed by atoms with Crippen LogP contribution in [-0.4, -0.2) is 7.05 Å². The van der Waals surface area contributed by atoms with Crippen molar-refractivity contribution in [3.63, 3.8) is 0 Å². The van der Waals surface area contributed by atoms with Crippen LogP contribution in [0.25, 0.3) is 0 Å². The molecule has 0 saturated heterocycles. The summed E-state index contributed by atoms with van der Waals surface area (Å²) in [5.74, 6) is 0.831. The van der Waals surface area contributed by atoms with Gasteiger partial charge in [0.1, 0.15) is 0 Å². The zero-order valence-electron chi connectivity index (χ0n) is 8.76. The van der Waals surface area contributed by atoms with Crippen molar-refractivity contribution in [3.05, 3.63) is 31.8 Å². The van der Waals surface area contributed by atoms with Crippen molar-refractivity contribution in [2.24, 2.45) is 5.92 Å². The highest BCUT2D eigenvalue weighted by Gasteiger charge is 2.28. The predicted octanol–water partition coefficient (Wildman–Crippen LogP) is 4.11. The topological polar surface area (TPSA) is 12.0 Å². The third-order valence-corrected chi connectivity index (χ3v) is 4.70. The van der Waals surface area contributed by atoms with E-state index in [1.807, 2.05) is 0 Å². The van der Waals surface area contributed by atoms with Crippen LogP contribution in [0.2, 0.25) is 0 Å². The second-order valence-electron chi connectivity index (χ2n) is 4.12. The smallest absolute Gasteiger partial charge is 0.0357 e. The van der Waals surface area contributed by atoms with E-state index in [4.69, 9.17) is 0 Å². The SMILES string of the molecule is CNC(c1cc(Br)ccc1I)C1CCC1. The number of nitrogens with one attached hydrogen (secondary N) is 1. The fraction of sp³-hybridized carbons (Fsp3) is 0.500. The first kappa shape index (κ1) is 11.9. The first-order chi connectivity index (χ1) is 7.22. The molecule has 15 heavy (non-hydrogen) atoms. The highest BCUT2D eigenvalue weighted by molar-refractivity contribution is 14.1. The van der Waals surface area contributed by atoms with Gasteiger partial charge in [-0.1, -0.05) is 22.4 Å². The Hall–Kier alpha value is 0.390. The summed E-state index contributed by atoms with van der Waals surface area (Å²) in [5, 5.41) is 3.46. The molecule has 1 aromatic rings. The summed E-state index contributed by atoms with van der Waals surface area (Å²) in [6.45, 7) is 0. The van der Waals surface area contributed by atoms with Crippen LogP contribution in [0.1, 0.15) is 30.9 Å². The van der Waals surface area contributed by atoms with Crippen LogP contribution in [0, 0.1) is 9.49 Å². The van der Waals surface area contributed by atoms with E-state index in [2.05, 4.69) is 69.1 Å². The Morgan fingerprint density at radius 3 is 2.73 bits per heavy atom. The van der Waals surface area contributed by atoms with Crippen LogP contribution in [0.5, 0.6) is 0 Å². The molecular weight excluding hydrogens is 365 g/mol. The lowest BCUT2D eigenvalue weighted by molar-refractivity contribution is 0.239. The molecular formula is C12H15BrIN. The van der Waals surface area contributed by atoms with Crippen LogP contribution in [0.15, 0.2) is 22.7 Å². The fourth-order valence-electron chi connectivity index (χ4n) is 2.17. The van der Waals surface area contributed by atoms with Gasteiger partial charge in [-0.2, -0.15) is 0 Å². The molecule has 0 bridgehead atoms. The minimum atomic E-state index is 0.531. The molecule has 1 atom stereocenters. The Morgan fingerprint density at radius 1 is 1.47 bits per heavy atom. The van der Waals surface area contributed by atoms with Gasteiger partial charge < -0.3 is 5.32 Å². The Bertz CT molecular complexity index is 349. The van der Waals surface area contributed by atoms with Gasteiger partial charge in [0.2, 0.25) is 0 Å². The molecule has 0 aromatic heterocycles. The van der Waals surface area contributed by atoms with E-state index in [1.165, 1.54) is 32.9 Å². The summed E-state index contributed by atoms with van der Waals surface area (Å²) in [7, 11) is 2.07. The number of hydrogen-bond acceptors (Lipinski definition) is 1. The summed E-state index contributed by atoms with van der Waals surface area (Å²) in [6, 6.07) is 7.08. The molecule has 1 fully saturated rings. The monoisotopic (exact) mass is 379 g/mol.